The van der Waals surface area contributed by atoms with Gasteiger partial charge < -0.3 is 15.5 Å². The molecule has 1 atom stereocenters. The Balaban J connectivity index is 1.59. The molecule has 2 aromatic rings. The summed E-state index contributed by atoms with van der Waals surface area (Å²) in [6.07, 6.45) is 0.471. The predicted octanol–water partition coefficient (Wildman–Crippen LogP) is 2.97. The molecule has 0 aromatic heterocycles. The van der Waals surface area contributed by atoms with E-state index in [2.05, 4.69) is 10.6 Å². The first-order valence-electron chi connectivity index (χ1n) is 8.65. The molecule has 140 valence electrons. The zero-order valence-electron chi connectivity index (χ0n) is 14.9. The van der Waals surface area contributed by atoms with Gasteiger partial charge in [0.05, 0.1) is 0 Å². The zero-order valence-corrected chi connectivity index (χ0v) is 15.6. The molecular formula is C20H20ClN3O3. The molecule has 3 amide bonds. The van der Waals surface area contributed by atoms with Crippen molar-refractivity contribution < 1.29 is 14.4 Å². The number of amides is 3. The molecule has 0 saturated carbocycles. The fourth-order valence-corrected chi connectivity index (χ4v) is 3.20. The van der Waals surface area contributed by atoms with E-state index in [0.29, 0.717) is 23.7 Å². The van der Waals surface area contributed by atoms with E-state index in [0.717, 1.165) is 11.3 Å². The lowest BCUT2D eigenvalue weighted by Gasteiger charge is -2.17. The Morgan fingerprint density at radius 1 is 1.19 bits per heavy atom. The van der Waals surface area contributed by atoms with Crippen molar-refractivity contribution in [2.75, 3.05) is 16.8 Å². The Kier molecular flexibility index (Phi) is 5.76. The van der Waals surface area contributed by atoms with Crippen molar-refractivity contribution in [1.29, 1.82) is 0 Å². The van der Waals surface area contributed by atoms with Gasteiger partial charge in [0.25, 0.3) is 0 Å². The van der Waals surface area contributed by atoms with Gasteiger partial charge in [0.1, 0.15) is 5.92 Å². The van der Waals surface area contributed by atoms with E-state index in [9.17, 15) is 14.4 Å². The third kappa shape index (κ3) is 4.65. The highest BCUT2D eigenvalue weighted by Gasteiger charge is 2.37. The molecule has 3 rings (SSSR count). The summed E-state index contributed by atoms with van der Waals surface area (Å²) in [5, 5.41) is 6.11. The Morgan fingerprint density at radius 2 is 1.93 bits per heavy atom. The summed E-state index contributed by atoms with van der Waals surface area (Å²) >= 11 is 5.88. The first-order chi connectivity index (χ1) is 12.9. The number of benzene rings is 2. The Labute approximate surface area is 162 Å². The van der Waals surface area contributed by atoms with E-state index >= 15 is 0 Å². The molecule has 0 radical (unpaired) electrons. The van der Waals surface area contributed by atoms with Gasteiger partial charge in [-0.3, -0.25) is 14.4 Å². The Bertz CT molecular complexity index is 867. The van der Waals surface area contributed by atoms with Gasteiger partial charge in [-0.05, 0) is 48.4 Å². The van der Waals surface area contributed by atoms with Crippen molar-refractivity contribution in [3.63, 3.8) is 0 Å². The van der Waals surface area contributed by atoms with Crippen LogP contribution in [0, 0.1) is 5.92 Å². The Hall–Kier alpha value is -2.86. The molecule has 7 heteroatoms. The lowest BCUT2D eigenvalue weighted by atomic mass is 10.1. The second-order valence-corrected chi connectivity index (χ2v) is 6.84. The number of nitrogens with zero attached hydrogens (tertiary/aromatic N) is 1. The number of hydrogen-bond acceptors (Lipinski definition) is 3. The third-order valence-corrected chi connectivity index (χ3v) is 4.63. The van der Waals surface area contributed by atoms with Crippen molar-refractivity contribution in [3.05, 3.63) is 59.1 Å². The summed E-state index contributed by atoms with van der Waals surface area (Å²) in [5.41, 5.74) is 2.25. The molecule has 0 bridgehead atoms. The van der Waals surface area contributed by atoms with Crippen LogP contribution in [-0.2, 0) is 20.9 Å². The summed E-state index contributed by atoms with van der Waals surface area (Å²) in [4.78, 5) is 37.8. The minimum atomic E-state index is -0.695. The number of carbonyl (C=O) groups excluding carboxylic acids is 3. The first-order valence-corrected chi connectivity index (χ1v) is 9.03. The molecule has 2 aromatic carbocycles. The highest BCUT2D eigenvalue weighted by Crippen LogP contribution is 2.26. The standard InChI is InChI=1S/C20H20ClN3O3/c1-13(25)23-16-4-2-3-14(11-16)12-22-19(26)18-9-10-24(20(18)27)17-7-5-15(21)6-8-17/h2-8,11,18H,9-10,12H2,1H3,(H,22,26)(H,23,25). The molecule has 1 fully saturated rings. The SMILES string of the molecule is CC(=O)Nc1cccc(CNC(=O)C2CCN(c3ccc(Cl)cc3)C2=O)c1. The van der Waals surface area contributed by atoms with Crippen LogP contribution in [0.25, 0.3) is 0 Å². The molecule has 1 unspecified atom stereocenters. The van der Waals surface area contributed by atoms with Crippen LogP contribution in [0.4, 0.5) is 11.4 Å². The van der Waals surface area contributed by atoms with E-state index in [-0.39, 0.29) is 24.3 Å². The topological polar surface area (TPSA) is 78.5 Å². The molecule has 1 aliphatic rings. The van der Waals surface area contributed by atoms with Crippen molar-refractivity contribution in [3.8, 4) is 0 Å². The van der Waals surface area contributed by atoms with Crippen molar-refractivity contribution in [2.45, 2.75) is 19.9 Å². The minimum Gasteiger partial charge on any atom is -0.351 e. The number of nitrogens with one attached hydrogen (secondary N) is 2. The normalized spacial score (nSPS) is 16.3. The number of halogens is 1. The predicted molar refractivity (Wildman–Crippen MR) is 105 cm³/mol. The van der Waals surface area contributed by atoms with Gasteiger partial charge in [-0.2, -0.15) is 0 Å². The summed E-state index contributed by atoms with van der Waals surface area (Å²) in [6.45, 7) is 2.22. The van der Waals surface area contributed by atoms with Crippen LogP contribution in [0.5, 0.6) is 0 Å². The summed E-state index contributed by atoms with van der Waals surface area (Å²) in [5.74, 6) is -1.35. The van der Waals surface area contributed by atoms with Crippen LogP contribution in [0.15, 0.2) is 48.5 Å². The van der Waals surface area contributed by atoms with Gasteiger partial charge in [-0.15, -0.1) is 0 Å². The van der Waals surface area contributed by atoms with Crippen molar-refractivity contribution in [1.82, 2.24) is 5.32 Å². The summed E-state index contributed by atoms with van der Waals surface area (Å²) in [6, 6.07) is 14.2. The van der Waals surface area contributed by atoms with Crippen molar-refractivity contribution in [2.24, 2.45) is 5.92 Å². The number of hydrogen-bond donors (Lipinski definition) is 2. The number of carbonyl (C=O) groups is 3. The van der Waals surface area contributed by atoms with Gasteiger partial charge in [-0.25, -0.2) is 0 Å². The van der Waals surface area contributed by atoms with Crippen LogP contribution < -0.4 is 15.5 Å². The third-order valence-electron chi connectivity index (χ3n) is 4.37. The molecule has 0 spiro atoms. The van der Waals surface area contributed by atoms with E-state index in [4.69, 9.17) is 11.6 Å². The first kappa shape index (κ1) is 18.9. The molecule has 0 aliphatic carbocycles. The van der Waals surface area contributed by atoms with Gasteiger partial charge >= 0.3 is 0 Å². The molecule has 1 aliphatic heterocycles. The van der Waals surface area contributed by atoms with E-state index in [1.54, 1.807) is 47.4 Å². The highest BCUT2D eigenvalue weighted by molar-refractivity contribution is 6.30. The minimum absolute atomic E-state index is 0.157. The van der Waals surface area contributed by atoms with Gasteiger partial charge in [0.15, 0.2) is 0 Å². The van der Waals surface area contributed by atoms with Crippen LogP contribution >= 0.6 is 11.6 Å². The monoisotopic (exact) mass is 385 g/mol. The van der Waals surface area contributed by atoms with Crippen LogP contribution in [-0.4, -0.2) is 24.3 Å². The summed E-state index contributed by atoms with van der Waals surface area (Å²) in [7, 11) is 0. The van der Waals surface area contributed by atoms with Gasteiger partial charge in [0, 0.05) is 36.4 Å². The lowest BCUT2D eigenvalue weighted by molar-refractivity contribution is -0.132. The highest BCUT2D eigenvalue weighted by atomic mass is 35.5. The van der Waals surface area contributed by atoms with Crippen LogP contribution in [0.2, 0.25) is 5.02 Å². The zero-order chi connectivity index (χ0) is 19.4. The van der Waals surface area contributed by atoms with Gasteiger partial charge in [-0.1, -0.05) is 23.7 Å². The molecular weight excluding hydrogens is 366 g/mol. The van der Waals surface area contributed by atoms with Gasteiger partial charge in [0.2, 0.25) is 17.7 Å². The fraction of sp³-hybridized carbons (Fsp3) is 0.250. The average molecular weight is 386 g/mol. The smallest absolute Gasteiger partial charge is 0.239 e. The summed E-state index contributed by atoms with van der Waals surface area (Å²) < 4.78 is 0. The average Bonchev–Trinajstić information content (AvgIpc) is 3.02. The van der Waals surface area contributed by atoms with Crippen LogP contribution in [0.3, 0.4) is 0 Å². The quantitative estimate of drug-likeness (QED) is 0.776. The maximum absolute atomic E-state index is 12.6. The lowest BCUT2D eigenvalue weighted by Crippen LogP contribution is -2.36. The molecule has 1 saturated heterocycles. The maximum Gasteiger partial charge on any atom is 0.239 e. The molecule has 6 nitrogen and oxygen atoms in total. The molecule has 2 N–H and O–H groups in total. The van der Waals surface area contributed by atoms with E-state index in [1.165, 1.54) is 6.92 Å². The number of rotatable bonds is 5. The maximum atomic E-state index is 12.6. The van der Waals surface area contributed by atoms with E-state index in [1.807, 2.05) is 6.07 Å². The van der Waals surface area contributed by atoms with Crippen LogP contribution in [0.1, 0.15) is 18.9 Å². The van der Waals surface area contributed by atoms with Crippen molar-refractivity contribution >= 4 is 40.7 Å². The molecule has 27 heavy (non-hydrogen) atoms. The largest absolute Gasteiger partial charge is 0.351 e. The fourth-order valence-electron chi connectivity index (χ4n) is 3.08. The second-order valence-electron chi connectivity index (χ2n) is 6.41. The van der Waals surface area contributed by atoms with E-state index < -0.39 is 5.92 Å². The number of anilines is 2. The second kappa shape index (κ2) is 8.22. The molecule has 1 heterocycles. The Morgan fingerprint density at radius 3 is 2.63 bits per heavy atom.